The average molecular weight is 331 g/mol. The molecule has 1 fully saturated rings. The van der Waals surface area contributed by atoms with Crippen molar-refractivity contribution in [1.29, 1.82) is 0 Å². The third-order valence-electron chi connectivity index (χ3n) is 4.14. The molecule has 3 rings (SSSR count). The van der Waals surface area contributed by atoms with Crippen molar-refractivity contribution in [1.82, 2.24) is 9.88 Å². The third kappa shape index (κ3) is 3.23. The lowest BCUT2D eigenvalue weighted by Crippen LogP contribution is -2.31. The van der Waals surface area contributed by atoms with E-state index >= 15 is 0 Å². The number of amides is 1. The molecule has 2 N–H and O–H groups in total. The number of hydrogen-bond acceptors (Lipinski definition) is 5. The van der Waals surface area contributed by atoms with Crippen molar-refractivity contribution in [2.24, 2.45) is 5.73 Å². The van der Waals surface area contributed by atoms with Gasteiger partial charge in [0.2, 0.25) is 0 Å². The van der Waals surface area contributed by atoms with Gasteiger partial charge in [0, 0.05) is 23.9 Å². The highest BCUT2D eigenvalue weighted by molar-refractivity contribution is 7.09. The van der Waals surface area contributed by atoms with Gasteiger partial charge in [-0.25, -0.2) is 4.98 Å². The predicted octanol–water partition coefficient (Wildman–Crippen LogP) is 2.63. The second kappa shape index (κ2) is 7.10. The molecule has 2 aromatic rings. The van der Waals surface area contributed by atoms with Gasteiger partial charge >= 0.3 is 0 Å². The van der Waals surface area contributed by atoms with Gasteiger partial charge in [0.05, 0.1) is 18.2 Å². The van der Waals surface area contributed by atoms with Crippen LogP contribution in [0.2, 0.25) is 0 Å². The highest BCUT2D eigenvalue weighted by Crippen LogP contribution is 2.37. The number of benzene rings is 1. The van der Waals surface area contributed by atoms with Gasteiger partial charge in [-0.1, -0.05) is 18.2 Å². The smallest absolute Gasteiger partial charge is 0.273 e. The molecule has 1 aromatic carbocycles. The molecule has 0 saturated carbocycles. The lowest BCUT2D eigenvalue weighted by molar-refractivity contribution is 0.0729. The van der Waals surface area contributed by atoms with E-state index in [0.29, 0.717) is 18.7 Å². The number of likely N-dealkylation sites (tertiary alicyclic amines) is 1. The van der Waals surface area contributed by atoms with E-state index in [1.165, 1.54) is 11.3 Å². The average Bonchev–Trinajstić information content (AvgIpc) is 3.24. The van der Waals surface area contributed by atoms with E-state index in [1.807, 2.05) is 34.5 Å². The summed E-state index contributed by atoms with van der Waals surface area (Å²) in [6.07, 6.45) is 2.66. The van der Waals surface area contributed by atoms with Gasteiger partial charge in [0.25, 0.3) is 5.91 Å². The molecule has 1 aliphatic heterocycles. The molecule has 1 saturated heterocycles. The van der Waals surface area contributed by atoms with E-state index in [2.05, 4.69) is 4.98 Å². The summed E-state index contributed by atoms with van der Waals surface area (Å²) in [7, 11) is 1.67. The summed E-state index contributed by atoms with van der Waals surface area (Å²) in [5.41, 5.74) is 7.15. The number of nitrogens with zero attached hydrogens (tertiary/aromatic N) is 2. The van der Waals surface area contributed by atoms with Crippen LogP contribution in [0.15, 0.2) is 29.6 Å². The molecule has 0 radical (unpaired) electrons. The number of carbonyl (C=O) groups is 1. The van der Waals surface area contributed by atoms with Crippen LogP contribution in [-0.4, -0.2) is 36.0 Å². The molecule has 1 amide bonds. The van der Waals surface area contributed by atoms with Gasteiger partial charge < -0.3 is 15.4 Å². The Morgan fingerprint density at radius 1 is 1.48 bits per heavy atom. The summed E-state index contributed by atoms with van der Waals surface area (Å²) >= 11 is 1.50. The van der Waals surface area contributed by atoms with Crippen LogP contribution in [0.3, 0.4) is 0 Å². The molecule has 1 unspecified atom stereocenters. The van der Waals surface area contributed by atoms with E-state index in [1.54, 1.807) is 7.11 Å². The molecule has 122 valence electrons. The maximum Gasteiger partial charge on any atom is 0.273 e. The molecule has 1 aliphatic rings. The second-order valence-electron chi connectivity index (χ2n) is 5.56. The van der Waals surface area contributed by atoms with Crippen molar-refractivity contribution in [2.75, 3.05) is 20.2 Å². The number of carbonyl (C=O) groups excluding carboxylic acids is 1. The molecule has 0 aliphatic carbocycles. The summed E-state index contributed by atoms with van der Waals surface area (Å²) in [5.74, 6) is 0.831. The molecule has 2 heterocycles. The van der Waals surface area contributed by atoms with Crippen LogP contribution in [0.25, 0.3) is 0 Å². The van der Waals surface area contributed by atoms with Crippen molar-refractivity contribution < 1.29 is 9.53 Å². The largest absolute Gasteiger partial charge is 0.496 e. The lowest BCUT2D eigenvalue weighted by atomic mass is 10.0. The summed E-state index contributed by atoms with van der Waals surface area (Å²) in [6, 6.07) is 7.97. The standard InChI is InChI=1S/C17H21N3O2S/c1-22-15-7-3-2-5-12(15)14-6-4-10-20(14)17(21)13-11-23-16(19-13)8-9-18/h2-3,5,7,11,14H,4,6,8-10,18H2,1H3. The fourth-order valence-electron chi connectivity index (χ4n) is 3.07. The van der Waals surface area contributed by atoms with Gasteiger partial charge in [-0.2, -0.15) is 0 Å². The maximum atomic E-state index is 12.8. The first-order valence-electron chi connectivity index (χ1n) is 7.83. The van der Waals surface area contributed by atoms with Crippen molar-refractivity contribution in [3.8, 4) is 5.75 Å². The van der Waals surface area contributed by atoms with Crippen LogP contribution in [-0.2, 0) is 6.42 Å². The van der Waals surface area contributed by atoms with Crippen LogP contribution in [0.5, 0.6) is 5.75 Å². The fraction of sp³-hybridized carbons (Fsp3) is 0.412. The maximum absolute atomic E-state index is 12.8. The van der Waals surface area contributed by atoms with Gasteiger partial charge in [0.15, 0.2) is 0 Å². The Morgan fingerprint density at radius 3 is 3.09 bits per heavy atom. The zero-order valence-corrected chi connectivity index (χ0v) is 14.0. The molecular formula is C17H21N3O2S. The van der Waals surface area contributed by atoms with Crippen molar-refractivity contribution in [2.45, 2.75) is 25.3 Å². The monoisotopic (exact) mass is 331 g/mol. The minimum absolute atomic E-state index is 0.00192. The quantitative estimate of drug-likeness (QED) is 0.914. The zero-order valence-electron chi connectivity index (χ0n) is 13.2. The predicted molar refractivity (Wildman–Crippen MR) is 90.9 cm³/mol. The highest BCUT2D eigenvalue weighted by atomic mass is 32.1. The van der Waals surface area contributed by atoms with Crippen molar-refractivity contribution in [3.05, 3.63) is 45.9 Å². The molecule has 0 bridgehead atoms. The number of rotatable bonds is 5. The first-order valence-corrected chi connectivity index (χ1v) is 8.71. The molecule has 23 heavy (non-hydrogen) atoms. The number of thiazole rings is 1. The Balaban J connectivity index is 1.84. The molecule has 1 aromatic heterocycles. The zero-order chi connectivity index (χ0) is 16.2. The highest BCUT2D eigenvalue weighted by Gasteiger charge is 2.33. The topological polar surface area (TPSA) is 68.5 Å². The van der Waals surface area contributed by atoms with Crippen molar-refractivity contribution in [3.63, 3.8) is 0 Å². The SMILES string of the molecule is COc1ccccc1C1CCCN1C(=O)c1csc(CCN)n1. The summed E-state index contributed by atoms with van der Waals surface area (Å²) in [4.78, 5) is 19.2. The summed E-state index contributed by atoms with van der Waals surface area (Å²) < 4.78 is 5.46. The van der Waals surface area contributed by atoms with E-state index < -0.39 is 0 Å². The van der Waals surface area contributed by atoms with E-state index in [4.69, 9.17) is 10.5 Å². The number of methoxy groups -OCH3 is 1. The Morgan fingerprint density at radius 2 is 2.30 bits per heavy atom. The molecule has 0 spiro atoms. The van der Waals surface area contributed by atoms with Gasteiger partial charge in [-0.3, -0.25) is 4.79 Å². The van der Waals surface area contributed by atoms with E-state index in [9.17, 15) is 4.79 Å². The molecule has 5 nitrogen and oxygen atoms in total. The van der Waals surface area contributed by atoms with Crippen LogP contribution < -0.4 is 10.5 Å². The molecular weight excluding hydrogens is 310 g/mol. The van der Waals surface area contributed by atoms with E-state index in [-0.39, 0.29) is 11.9 Å². The lowest BCUT2D eigenvalue weighted by Gasteiger charge is -2.25. The van der Waals surface area contributed by atoms with Crippen LogP contribution in [0, 0.1) is 0 Å². The Labute approximate surface area is 140 Å². The van der Waals surface area contributed by atoms with Crippen LogP contribution >= 0.6 is 11.3 Å². The Kier molecular flexibility index (Phi) is 4.93. The van der Waals surface area contributed by atoms with Gasteiger partial charge in [-0.15, -0.1) is 11.3 Å². The number of nitrogens with two attached hydrogens (primary N) is 1. The summed E-state index contributed by atoms with van der Waals surface area (Å²) in [6.45, 7) is 1.31. The van der Waals surface area contributed by atoms with Gasteiger partial charge in [0.1, 0.15) is 11.4 Å². The van der Waals surface area contributed by atoms with E-state index in [0.717, 1.165) is 35.7 Å². The number of aromatic nitrogens is 1. The fourth-order valence-corrected chi connectivity index (χ4v) is 3.86. The first kappa shape index (κ1) is 16.0. The second-order valence-corrected chi connectivity index (χ2v) is 6.51. The van der Waals surface area contributed by atoms with Crippen LogP contribution in [0.4, 0.5) is 0 Å². The normalized spacial score (nSPS) is 17.5. The third-order valence-corrected chi connectivity index (χ3v) is 5.05. The van der Waals surface area contributed by atoms with Crippen LogP contribution in [0.1, 0.15) is 39.9 Å². The number of ether oxygens (including phenoxy) is 1. The minimum atomic E-state index is -0.00192. The summed E-state index contributed by atoms with van der Waals surface area (Å²) in [5, 5.41) is 2.76. The molecule has 1 atom stereocenters. The minimum Gasteiger partial charge on any atom is -0.496 e. The van der Waals surface area contributed by atoms with Crippen molar-refractivity contribution >= 4 is 17.2 Å². The first-order chi connectivity index (χ1) is 11.2. The Bertz CT molecular complexity index is 686. The van der Waals surface area contributed by atoms with Gasteiger partial charge in [-0.05, 0) is 25.5 Å². The molecule has 6 heteroatoms. The Hall–Kier alpha value is -1.92. The number of hydrogen-bond donors (Lipinski definition) is 1. The number of para-hydroxylation sites is 1.